The Labute approximate surface area is 111 Å². The summed E-state index contributed by atoms with van der Waals surface area (Å²) in [5, 5.41) is 6.63. The molecule has 1 aromatic carbocycles. The van der Waals surface area contributed by atoms with Crippen LogP contribution in [0.5, 0.6) is 5.75 Å². The van der Waals surface area contributed by atoms with Crippen molar-refractivity contribution in [3.63, 3.8) is 0 Å². The molecule has 0 amide bonds. The maximum atomic E-state index is 5.38. The minimum absolute atomic E-state index is 0.542. The van der Waals surface area contributed by atoms with E-state index < -0.39 is 0 Å². The first-order valence-corrected chi connectivity index (χ1v) is 6.75. The van der Waals surface area contributed by atoms with Crippen LogP contribution in [-0.2, 0) is 0 Å². The van der Waals surface area contributed by atoms with Crippen LogP contribution in [0.2, 0.25) is 0 Å². The lowest BCUT2D eigenvalue weighted by atomic mass is 10.0. The van der Waals surface area contributed by atoms with Gasteiger partial charge >= 0.3 is 0 Å². The van der Waals surface area contributed by atoms with Gasteiger partial charge in [0.2, 0.25) is 0 Å². The maximum Gasteiger partial charge on any atom is 0.141 e. The van der Waals surface area contributed by atoms with Crippen molar-refractivity contribution >= 4 is 5.69 Å². The number of ether oxygens (including phenoxy) is 1. The quantitative estimate of drug-likeness (QED) is 0.695. The highest BCUT2D eigenvalue weighted by Crippen LogP contribution is 2.28. The van der Waals surface area contributed by atoms with Crippen molar-refractivity contribution in [2.45, 2.75) is 32.6 Å². The van der Waals surface area contributed by atoms with Gasteiger partial charge in [-0.2, -0.15) is 0 Å². The Balaban J connectivity index is 2.58. The molecular weight excluding hydrogens is 224 g/mol. The van der Waals surface area contributed by atoms with Crippen LogP contribution in [0, 0.1) is 0 Å². The van der Waals surface area contributed by atoms with E-state index in [1.54, 1.807) is 7.11 Å². The zero-order valence-electron chi connectivity index (χ0n) is 12.0. The first-order valence-electron chi connectivity index (χ1n) is 6.75. The van der Waals surface area contributed by atoms with Crippen LogP contribution in [0.3, 0.4) is 0 Å². The van der Waals surface area contributed by atoms with Crippen LogP contribution in [0.4, 0.5) is 5.69 Å². The molecule has 0 aliphatic carbocycles. The predicted octanol–water partition coefficient (Wildman–Crippen LogP) is 3.23. The Morgan fingerprint density at radius 3 is 2.50 bits per heavy atom. The van der Waals surface area contributed by atoms with E-state index in [9.17, 15) is 0 Å². The van der Waals surface area contributed by atoms with E-state index in [1.807, 2.05) is 13.1 Å². The van der Waals surface area contributed by atoms with Crippen molar-refractivity contribution in [1.29, 1.82) is 0 Å². The fraction of sp³-hybridized carbons (Fsp3) is 0.600. The summed E-state index contributed by atoms with van der Waals surface area (Å²) in [6, 6.07) is 6.38. The van der Waals surface area contributed by atoms with Crippen molar-refractivity contribution < 1.29 is 4.74 Å². The molecule has 0 radical (unpaired) electrons. The zero-order chi connectivity index (χ0) is 13.4. The molecule has 0 saturated carbocycles. The van der Waals surface area contributed by atoms with Gasteiger partial charge in [0.05, 0.1) is 12.8 Å². The van der Waals surface area contributed by atoms with E-state index in [2.05, 4.69) is 36.6 Å². The van der Waals surface area contributed by atoms with Gasteiger partial charge in [-0.05, 0) is 50.0 Å². The van der Waals surface area contributed by atoms with Gasteiger partial charge in [-0.1, -0.05) is 19.9 Å². The number of rotatable bonds is 8. The number of anilines is 1. The Hall–Kier alpha value is -1.22. The molecule has 0 atom stereocenters. The molecule has 0 spiro atoms. The van der Waals surface area contributed by atoms with Crippen LogP contribution in [-0.4, -0.2) is 27.2 Å². The molecule has 0 unspecified atom stereocenters. The van der Waals surface area contributed by atoms with Crippen LogP contribution < -0.4 is 15.4 Å². The van der Waals surface area contributed by atoms with Gasteiger partial charge in [-0.25, -0.2) is 0 Å². The number of benzene rings is 1. The summed E-state index contributed by atoms with van der Waals surface area (Å²) in [7, 11) is 3.71. The summed E-state index contributed by atoms with van der Waals surface area (Å²) < 4.78 is 5.38. The average molecular weight is 250 g/mol. The van der Waals surface area contributed by atoms with Gasteiger partial charge in [-0.3, -0.25) is 0 Å². The average Bonchev–Trinajstić information content (AvgIpc) is 2.38. The molecule has 0 fully saturated rings. The second-order valence-corrected chi connectivity index (χ2v) is 4.85. The highest BCUT2D eigenvalue weighted by Gasteiger charge is 2.06. The van der Waals surface area contributed by atoms with E-state index >= 15 is 0 Å². The Morgan fingerprint density at radius 1 is 1.17 bits per heavy atom. The van der Waals surface area contributed by atoms with Crippen LogP contribution in [0.15, 0.2) is 18.2 Å². The van der Waals surface area contributed by atoms with E-state index in [4.69, 9.17) is 4.74 Å². The summed E-state index contributed by atoms with van der Waals surface area (Å²) in [6.07, 6.45) is 2.35. The summed E-state index contributed by atoms with van der Waals surface area (Å²) in [5.41, 5.74) is 2.45. The molecule has 1 rings (SSSR count). The van der Waals surface area contributed by atoms with Crippen LogP contribution in [0.25, 0.3) is 0 Å². The topological polar surface area (TPSA) is 33.3 Å². The Kier molecular flexibility index (Phi) is 6.58. The highest BCUT2D eigenvalue weighted by molar-refractivity contribution is 5.58. The van der Waals surface area contributed by atoms with Gasteiger partial charge in [-0.15, -0.1) is 0 Å². The molecule has 0 saturated heterocycles. The fourth-order valence-corrected chi connectivity index (χ4v) is 1.87. The van der Waals surface area contributed by atoms with Gasteiger partial charge in [0, 0.05) is 6.54 Å². The van der Waals surface area contributed by atoms with Gasteiger partial charge < -0.3 is 15.4 Å². The van der Waals surface area contributed by atoms with Gasteiger partial charge in [0.15, 0.2) is 0 Å². The standard InChI is InChI=1S/C15H26N2O/c1-12(2)13-7-8-15(18-4)14(11-13)17-10-6-5-9-16-3/h7-8,11-12,16-17H,5-6,9-10H2,1-4H3. The van der Waals surface area contributed by atoms with Crippen molar-refractivity contribution in [2.75, 3.05) is 32.6 Å². The number of hydrogen-bond donors (Lipinski definition) is 2. The third-order valence-electron chi connectivity index (χ3n) is 3.06. The van der Waals surface area contributed by atoms with E-state index in [0.29, 0.717) is 5.92 Å². The molecule has 3 nitrogen and oxygen atoms in total. The van der Waals surface area contributed by atoms with E-state index in [-0.39, 0.29) is 0 Å². The van der Waals surface area contributed by atoms with Crippen LogP contribution >= 0.6 is 0 Å². The van der Waals surface area contributed by atoms with Crippen molar-refractivity contribution in [1.82, 2.24) is 5.32 Å². The third kappa shape index (κ3) is 4.57. The third-order valence-corrected chi connectivity index (χ3v) is 3.06. The lowest BCUT2D eigenvalue weighted by Crippen LogP contribution is -2.10. The Bertz CT molecular complexity index is 350. The molecule has 0 bridgehead atoms. The first-order chi connectivity index (χ1) is 8.69. The minimum atomic E-state index is 0.542. The molecule has 18 heavy (non-hydrogen) atoms. The minimum Gasteiger partial charge on any atom is -0.495 e. The van der Waals surface area contributed by atoms with Gasteiger partial charge in [0.25, 0.3) is 0 Å². The molecular formula is C15H26N2O. The molecule has 102 valence electrons. The second-order valence-electron chi connectivity index (χ2n) is 4.85. The van der Waals surface area contributed by atoms with E-state index in [1.165, 1.54) is 12.0 Å². The molecule has 0 aromatic heterocycles. The fourth-order valence-electron chi connectivity index (χ4n) is 1.87. The zero-order valence-corrected chi connectivity index (χ0v) is 12.0. The molecule has 1 aromatic rings. The number of hydrogen-bond acceptors (Lipinski definition) is 3. The molecule has 2 N–H and O–H groups in total. The summed E-state index contributed by atoms with van der Waals surface area (Å²) in [5.74, 6) is 1.47. The van der Waals surface area contributed by atoms with Crippen molar-refractivity contribution in [3.05, 3.63) is 23.8 Å². The highest BCUT2D eigenvalue weighted by atomic mass is 16.5. The summed E-state index contributed by atoms with van der Waals surface area (Å²) in [4.78, 5) is 0. The van der Waals surface area contributed by atoms with E-state index in [0.717, 1.165) is 30.9 Å². The summed E-state index contributed by atoms with van der Waals surface area (Å²) >= 11 is 0. The smallest absolute Gasteiger partial charge is 0.141 e. The van der Waals surface area contributed by atoms with Crippen LogP contribution in [0.1, 0.15) is 38.2 Å². The lowest BCUT2D eigenvalue weighted by molar-refractivity contribution is 0.416. The predicted molar refractivity (Wildman–Crippen MR) is 78.7 cm³/mol. The molecule has 0 aliphatic heterocycles. The maximum absolute atomic E-state index is 5.38. The summed E-state index contributed by atoms with van der Waals surface area (Å²) in [6.45, 7) is 6.47. The first kappa shape index (κ1) is 14.8. The SMILES string of the molecule is CNCCCCNc1cc(C(C)C)ccc1OC. The number of nitrogens with one attached hydrogen (secondary N) is 2. The number of methoxy groups -OCH3 is 1. The monoisotopic (exact) mass is 250 g/mol. The lowest BCUT2D eigenvalue weighted by Gasteiger charge is -2.14. The van der Waals surface area contributed by atoms with Gasteiger partial charge in [0.1, 0.15) is 5.75 Å². The Morgan fingerprint density at radius 2 is 1.89 bits per heavy atom. The number of unbranched alkanes of at least 4 members (excludes halogenated alkanes) is 1. The van der Waals surface area contributed by atoms with Crippen molar-refractivity contribution in [3.8, 4) is 5.75 Å². The molecule has 0 aliphatic rings. The normalized spacial score (nSPS) is 10.7. The second kappa shape index (κ2) is 7.98. The largest absolute Gasteiger partial charge is 0.495 e. The molecule has 0 heterocycles. The van der Waals surface area contributed by atoms with Crippen molar-refractivity contribution in [2.24, 2.45) is 0 Å². The molecule has 3 heteroatoms.